The number of sulfone groups is 1. The van der Waals surface area contributed by atoms with Gasteiger partial charge in [-0.3, -0.25) is 0 Å². The number of carboxylic acid groups (broad SMARTS) is 1. The summed E-state index contributed by atoms with van der Waals surface area (Å²) in [4.78, 5) is 16.1. The first-order chi connectivity index (χ1) is 8.88. The van der Waals surface area contributed by atoms with Gasteiger partial charge in [-0.15, -0.1) is 0 Å². The van der Waals surface area contributed by atoms with Gasteiger partial charge in [-0.2, -0.15) is 0 Å². The van der Waals surface area contributed by atoms with E-state index in [-0.39, 0.29) is 16.9 Å². The zero-order valence-corrected chi connectivity index (χ0v) is 11.1. The summed E-state index contributed by atoms with van der Waals surface area (Å²) in [6, 6.07) is 4.00. The van der Waals surface area contributed by atoms with Crippen LogP contribution < -0.4 is 0 Å². The predicted molar refractivity (Wildman–Crippen MR) is 68.2 cm³/mol. The van der Waals surface area contributed by atoms with E-state index in [2.05, 4.69) is 5.16 Å². The number of aromatic carboxylic acids is 1. The summed E-state index contributed by atoms with van der Waals surface area (Å²) in [7, 11) is -3.37. The molecule has 1 aromatic carbocycles. The largest absolute Gasteiger partial charge is 0.478 e. The number of carboxylic acids is 1. The van der Waals surface area contributed by atoms with Crippen LogP contribution in [-0.4, -0.2) is 38.1 Å². The van der Waals surface area contributed by atoms with Crippen molar-refractivity contribution >= 4 is 21.5 Å². The molecular formula is C12H13NO5S. The summed E-state index contributed by atoms with van der Waals surface area (Å²) < 4.78 is 23.0. The molecule has 0 amide bonds. The van der Waals surface area contributed by atoms with E-state index in [1.807, 2.05) is 0 Å². The molecule has 19 heavy (non-hydrogen) atoms. The third-order valence-electron chi connectivity index (χ3n) is 2.81. The Labute approximate surface area is 110 Å². The van der Waals surface area contributed by atoms with Crippen LogP contribution in [0.4, 0.5) is 0 Å². The Kier molecular flexibility index (Phi) is 3.57. The van der Waals surface area contributed by atoms with Crippen molar-refractivity contribution in [2.24, 2.45) is 5.16 Å². The summed E-state index contributed by atoms with van der Waals surface area (Å²) >= 11 is 0. The molecule has 0 aliphatic carbocycles. The molecule has 1 heterocycles. The quantitative estimate of drug-likeness (QED) is 0.893. The molecule has 0 fully saturated rings. The maximum atomic E-state index is 11.5. The normalized spacial score (nSPS) is 14.9. The molecule has 1 N–H and O–H groups in total. The molecule has 0 radical (unpaired) electrons. The Morgan fingerprint density at radius 1 is 1.47 bits per heavy atom. The molecular weight excluding hydrogens is 270 g/mol. The fourth-order valence-electron chi connectivity index (χ4n) is 1.84. The van der Waals surface area contributed by atoms with Gasteiger partial charge < -0.3 is 9.94 Å². The van der Waals surface area contributed by atoms with Crippen LogP contribution in [0.1, 0.15) is 22.3 Å². The van der Waals surface area contributed by atoms with Crippen LogP contribution in [0.2, 0.25) is 0 Å². The van der Waals surface area contributed by atoms with Crippen molar-refractivity contribution < 1.29 is 23.2 Å². The highest BCUT2D eigenvalue weighted by Crippen LogP contribution is 2.19. The lowest BCUT2D eigenvalue weighted by molar-refractivity contribution is 0.0696. The molecule has 0 unspecified atom stereocenters. The van der Waals surface area contributed by atoms with Crippen molar-refractivity contribution in [1.82, 2.24) is 0 Å². The van der Waals surface area contributed by atoms with Crippen LogP contribution in [0.5, 0.6) is 0 Å². The van der Waals surface area contributed by atoms with Crippen LogP contribution in [0.15, 0.2) is 28.3 Å². The molecule has 0 saturated carbocycles. The maximum Gasteiger partial charge on any atom is 0.335 e. The molecule has 0 bridgehead atoms. The van der Waals surface area contributed by atoms with Crippen molar-refractivity contribution in [2.75, 3.05) is 12.9 Å². The molecule has 6 nitrogen and oxygen atoms in total. The van der Waals surface area contributed by atoms with Gasteiger partial charge in [0.2, 0.25) is 0 Å². The van der Waals surface area contributed by atoms with Gasteiger partial charge in [0.05, 0.1) is 16.2 Å². The van der Waals surface area contributed by atoms with E-state index in [0.29, 0.717) is 24.3 Å². The van der Waals surface area contributed by atoms with Crippen LogP contribution in [0.3, 0.4) is 0 Å². The molecule has 2 rings (SSSR count). The summed E-state index contributed by atoms with van der Waals surface area (Å²) in [5.41, 5.74) is 1.23. The fourth-order valence-corrected chi connectivity index (χ4v) is 2.51. The lowest BCUT2D eigenvalue weighted by Crippen LogP contribution is -2.09. The number of rotatable bonds is 4. The highest BCUT2D eigenvalue weighted by atomic mass is 32.2. The van der Waals surface area contributed by atoms with Gasteiger partial charge in [0.15, 0.2) is 9.84 Å². The topological polar surface area (TPSA) is 93.0 Å². The minimum Gasteiger partial charge on any atom is -0.478 e. The Balaban J connectivity index is 2.44. The molecule has 1 aliphatic heterocycles. The monoisotopic (exact) mass is 283 g/mol. The summed E-state index contributed by atoms with van der Waals surface area (Å²) in [5.74, 6) is -1.09. The number of benzene rings is 1. The van der Waals surface area contributed by atoms with Gasteiger partial charge in [0.25, 0.3) is 0 Å². The second-order valence-electron chi connectivity index (χ2n) is 4.31. The maximum absolute atomic E-state index is 11.5. The van der Waals surface area contributed by atoms with Gasteiger partial charge in [0, 0.05) is 19.1 Å². The fraction of sp³-hybridized carbons (Fsp3) is 0.333. The number of hydrogen-bond donors (Lipinski definition) is 1. The number of oxime groups is 1. The molecule has 0 atom stereocenters. The Morgan fingerprint density at radius 3 is 2.74 bits per heavy atom. The number of hydrogen-bond acceptors (Lipinski definition) is 5. The average Bonchev–Trinajstić information content (AvgIpc) is 2.80. The van der Waals surface area contributed by atoms with Crippen LogP contribution in [0, 0.1) is 0 Å². The van der Waals surface area contributed by atoms with Gasteiger partial charge in [-0.25, -0.2) is 13.2 Å². The Morgan fingerprint density at radius 2 is 2.21 bits per heavy atom. The third-order valence-corrected chi connectivity index (χ3v) is 3.92. The zero-order valence-electron chi connectivity index (χ0n) is 10.3. The smallest absolute Gasteiger partial charge is 0.335 e. The SMILES string of the molecule is CS(=O)(=O)c1ccc(C(=O)O)c(CC2=NOCC2)c1. The number of nitrogens with zero attached hydrogens (tertiary/aromatic N) is 1. The lowest BCUT2D eigenvalue weighted by Gasteiger charge is -2.07. The van der Waals surface area contributed by atoms with Crippen molar-refractivity contribution in [3.05, 3.63) is 29.3 Å². The Bertz CT molecular complexity index is 648. The molecule has 0 saturated heterocycles. The van der Waals surface area contributed by atoms with Gasteiger partial charge in [-0.1, -0.05) is 5.16 Å². The standard InChI is InChI=1S/C12H13NO5S/c1-19(16,17)10-2-3-11(12(14)15)8(7-10)6-9-4-5-18-13-9/h2-3,7H,4-6H2,1H3,(H,14,15). The van der Waals surface area contributed by atoms with E-state index in [0.717, 1.165) is 6.26 Å². The van der Waals surface area contributed by atoms with Crippen molar-refractivity contribution in [3.8, 4) is 0 Å². The van der Waals surface area contributed by atoms with E-state index in [1.54, 1.807) is 0 Å². The predicted octanol–water partition coefficient (Wildman–Crippen LogP) is 1.11. The minimum absolute atomic E-state index is 0.0852. The van der Waals surface area contributed by atoms with Gasteiger partial charge >= 0.3 is 5.97 Å². The van der Waals surface area contributed by atoms with Crippen LogP contribution >= 0.6 is 0 Å². The Hall–Kier alpha value is -1.89. The summed E-state index contributed by atoms with van der Waals surface area (Å²) in [5, 5.41) is 12.9. The second kappa shape index (κ2) is 5.00. The van der Waals surface area contributed by atoms with Crippen molar-refractivity contribution in [3.63, 3.8) is 0 Å². The van der Waals surface area contributed by atoms with Gasteiger partial charge in [0.1, 0.15) is 6.61 Å². The minimum atomic E-state index is -3.37. The van der Waals surface area contributed by atoms with E-state index >= 15 is 0 Å². The molecule has 1 aromatic rings. The molecule has 7 heteroatoms. The average molecular weight is 283 g/mol. The summed E-state index contributed by atoms with van der Waals surface area (Å²) in [6.07, 6.45) is 2.00. The third kappa shape index (κ3) is 3.11. The van der Waals surface area contributed by atoms with Crippen LogP contribution in [0.25, 0.3) is 0 Å². The van der Waals surface area contributed by atoms with E-state index in [1.165, 1.54) is 18.2 Å². The number of carbonyl (C=O) groups is 1. The first-order valence-electron chi connectivity index (χ1n) is 5.62. The zero-order chi connectivity index (χ0) is 14.0. The molecule has 0 spiro atoms. The highest BCUT2D eigenvalue weighted by Gasteiger charge is 2.18. The second-order valence-corrected chi connectivity index (χ2v) is 6.33. The van der Waals surface area contributed by atoms with E-state index < -0.39 is 15.8 Å². The van der Waals surface area contributed by atoms with Crippen molar-refractivity contribution in [2.45, 2.75) is 17.7 Å². The van der Waals surface area contributed by atoms with Crippen molar-refractivity contribution in [1.29, 1.82) is 0 Å². The highest BCUT2D eigenvalue weighted by molar-refractivity contribution is 7.90. The van der Waals surface area contributed by atoms with E-state index in [9.17, 15) is 13.2 Å². The molecule has 0 aromatic heterocycles. The van der Waals surface area contributed by atoms with Crippen LogP contribution in [-0.2, 0) is 21.1 Å². The lowest BCUT2D eigenvalue weighted by atomic mass is 10.0. The van der Waals surface area contributed by atoms with Gasteiger partial charge in [-0.05, 0) is 23.8 Å². The first kappa shape index (κ1) is 13.5. The first-order valence-corrected chi connectivity index (χ1v) is 7.51. The van der Waals surface area contributed by atoms with E-state index in [4.69, 9.17) is 9.94 Å². The molecule has 1 aliphatic rings. The molecule has 102 valence electrons. The summed E-state index contributed by atoms with van der Waals surface area (Å²) in [6.45, 7) is 0.476.